The first-order valence-corrected chi connectivity index (χ1v) is 10.2. The lowest BCUT2D eigenvalue weighted by atomic mass is 10.1. The number of benzene rings is 1. The van der Waals surface area contributed by atoms with Crippen molar-refractivity contribution in [3.63, 3.8) is 0 Å². The lowest BCUT2D eigenvalue weighted by Crippen LogP contribution is -2.36. The van der Waals surface area contributed by atoms with Crippen molar-refractivity contribution in [1.29, 1.82) is 0 Å². The first-order valence-electron chi connectivity index (χ1n) is 9.84. The highest BCUT2D eigenvalue weighted by Crippen LogP contribution is 2.24. The summed E-state index contributed by atoms with van der Waals surface area (Å²) in [6.45, 7) is 2.03. The molecule has 1 aliphatic heterocycles. The van der Waals surface area contributed by atoms with Crippen LogP contribution in [0.1, 0.15) is 24.6 Å². The van der Waals surface area contributed by atoms with Crippen molar-refractivity contribution in [3.05, 3.63) is 59.9 Å². The van der Waals surface area contributed by atoms with Gasteiger partial charge in [0.05, 0.1) is 35.3 Å². The van der Waals surface area contributed by atoms with E-state index in [4.69, 9.17) is 16.3 Å². The van der Waals surface area contributed by atoms with E-state index in [1.165, 1.54) is 0 Å². The largest absolute Gasteiger partial charge is 0.487 e. The fraction of sp³-hybridized carbons (Fsp3) is 0.316. The van der Waals surface area contributed by atoms with Crippen LogP contribution in [0.25, 0.3) is 5.69 Å². The van der Waals surface area contributed by atoms with Crippen molar-refractivity contribution in [2.24, 2.45) is 0 Å². The Bertz CT molecular complexity index is 1110. The molecule has 4 aromatic rings. The average Bonchev–Trinajstić information content (AvgIpc) is 3.51. The zero-order valence-corrected chi connectivity index (χ0v) is 17.2. The maximum atomic E-state index is 5.87. The van der Waals surface area contributed by atoms with E-state index in [2.05, 4.69) is 40.6 Å². The second-order valence-electron chi connectivity index (χ2n) is 7.11. The Morgan fingerprint density at radius 1 is 1.03 bits per heavy atom. The number of anilines is 1. The van der Waals surface area contributed by atoms with Crippen molar-refractivity contribution < 1.29 is 4.74 Å². The summed E-state index contributed by atoms with van der Waals surface area (Å²) >= 11 is 5.87. The maximum absolute atomic E-state index is 5.87. The highest BCUT2D eigenvalue weighted by Gasteiger charge is 2.23. The van der Waals surface area contributed by atoms with E-state index >= 15 is 0 Å². The zero-order chi connectivity index (χ0) is 21.0. The summed E-state index contributed by atoms with van der Waals surface area (Å²) in [6.07, 6.45) is 8.37. The van der Waals surface area contributed by atoms with E-state index in [1.807, 2.05) is 24.3 Å². The molecule has 1 aromatic carbocycles. The number of hydrogen-bond donors (Lipinski definition) is 0. The smallest absolute Gasteiger partial charge is 0.225 e. The van der Waals surface area contributed by atoms with Gasteiger partial charge in [0.25, 0.3) is 0 Å². The predicted octanol–water partition coefficient (Wildman–Crippen LogP) is 2.12. The van der Waals surface area contributed by atoms with Crippen LogP contribution in [-0.2, 0) is 6.61 Å². The van der Waals surface area contributed by atoms with Crippen LogP contribution in [0.2, 0.25) is 5.02 Å². The Morgan fingerprint density at radius 3 is 2.52 bits per heavy atom. The number of tetrazole rings is 1. The maximum Gasteiger partial charge on any atom is 0.225 e. The van der Waals surface area contributed by atoms with Gasteiger partial charge in [-0.05, 0) is 47.5 Å². The van der Waals surface area contributed by atoms with Crippen LogP contribution in [0.5, 0.6) is 5.75 Å². The summed E-state index contributed by atoms with van der Waals surface area (Å²) in [5.74, 6) is 1.44. The molecule has 0 saturated carbocycles. The molecule has 158 valence electrons. The second kappa shape index (κ2) is 8.64. The summed E-state index contributed by atoms with van der Waals surface area (Å²) in [5.41, 5.74) is 1.65. The van der Waals surface area contributed by atoms with Crippen molar-refractivity contribution in [3.8, 4) is 11.4 Å². The summed E-state index contributed by atoms with van der Waals surface area (Å²) in [6, 6.07) is 7.76. The van der Waals surface area contributed by atoms with Gasteiger partial charge in [0.2, 0.25) is 5.95 Å². The Balaban J connectivity index is 1.14. The lowest BCUT2D eigenvalue weighted by Gasteiger charge is -2.31. The van der Waals surface area contributed by atoms with Gasteiger partial charge in [-0.2, -0.15) is 15.0 Å². The summed E-state index contributed by atoms with van der Waals surface area (Å²) in [7, 11) is 0. The molecular formula is C19H19ClN10O. The fourth-order valence-electron chi connectivity index (χ4n) is 3.45. The van der Waals surface area contributed by atoms with Crippen molar-refractivity contribution in [2.45, 2.75) is 25.5 Å². The molecule has 12 heteroatoms. The Hall–Kier alpha value is -3.60. The van der Waals surface area contributed by atoms with Gasteiger partial charge in [0.1, 0.15) is 24.4 Å². The van der Waals surface area contributed by atoms with Gasteiger partial charge in [-0.1, -0.05) is 11.6 Å². The van der Waals surface area contributed by atoms with Crippen molar-refractivity contribution in [2.75, 3.05) is 18.0 Å². The molecular weight excluding hydrogens is 420 g/mol. The zero-order valence-electron chi connectivity index (χ0n) is 16.5. The van der Waals surface area contributed by atoms with Crippen LogP contribution in [0.3, 0.4) is 0 Å². The standard InChI is InChI=1S/C19H19ClN10O/c20-14-9-21-19(22-10-14)28-7-5-17(6-8-28)30-24-11-15(25-30)12-31-18-3-1-16(2-4-18)29-13-23-26-27-29/h1-4,9-11,13,17H,5-8,12H2. The van der Waals surface area contributed by atoms with Crippen LogP contribution < -0.4 is 9.64 Å². The quantitative estimate of drug-likeness (QED) is 0.446. The van der Waals surface area contributed by atoms with E-state index < -0.39 is 0 Å². The molecule has 0 radical (unpaired) electrons. The first kappa shape index (κ1) is 19.4. The SMILES string of the molecule is Clc1cnc(N2CCC(n3ncc(COc4ccc(-n5cnnn5)cc4)n3)CC2)nc1. The molecule has 0 aliphatic carbocycles. The highest BCUT2D eigenvalue weighted by atomic mass is 35.5. The van der Waals surface area contributed by atoms with Crippen LogP contribution in [-0.4, -0.2) is 58.3 Å². The van der Waals surface area contributed by atoms with Gasteiger partial charge in [-0.25, -0.2) is 14.6 Å². The summed E-state index contributed by atoms with van der Waals surface area (Å²) < 4.78 is 7.42. The Labute approximate surface area is 182 Å². The third-order valence-corrected chi connectivity index (χ3v) is 5.27. The monoisotopic (exact) mass is 438 g/mol. The molecule has 0 N–H and O–H groups in total. The summed E-state index contributed by atoms with van der Waals surface area (Å²) in [4.78, 5) is 12.5. The molecule has 0 amide bonds. The minimum absolute atomic E-state index is 0.243. The van der Waals surface area contributed by atoms with Crippen molar-refractivity contribution >= 4 is 17.5 Å². The third-order valence-electron chi connectivity index (χ3n) is 5.07. The molecule has 0 spiro atoms. The van der Waals surface area contributed by atoms with Gasteiger partial charge in [-0.15, -0.1) is 5.10 Å². The highest BCUT2D eigenvalue weighted by molar-refractivity contribution is 6.30. The number of nitrogens with zero attached hydrogens (tertiary/aromatic N) is 10. The second-order valence-corrected chi connectivity index (χ2v) is 7.55. The van der Waals surface area contributed by atoms with Gasteiger partial charge in [0.15, 0.2) is 0 Å². The fourth-order valence-corrected chi connectivity index (χ4v) is 3.55. The number of ether oxygens (including phenoxy) is 1. The van der Waals surface area contributed by atoms with E-state index in [0.717, 1.165) is 43.1 Å². The van der Waals surface area contributed by atoms with Gasteiger partial charge in [0, 0.05) is 13.1 Å². The van der Waals surface area contributed by atoms with Crippen LogP contribution in [0.4, 0.5) is 5.95 Å². The molecule has 5 rings (SSSR count). The Morgan fingerprint density at radius 2 is 1.81 bits per heavy atom. The molecule has 4 heterocycles. The molecule has 1 saturated heterocycles. The Kier molecular flexibility index (Phi) is 5.40. The number of rotatable bonds is 6. The molecule has 0 bridgehead atoms. The van der Waals surface area contributed by atoms with E-state index in [-0.39, 0.29) is 6.04 Å². The molecule has 11 nitrogen and oxygen atoms in total. The van der Waals surface area contributed by atoms with Gasteiger partial charge < -0.3 is 9.64 Å². The van der Waals surface area contributed by atoms with Crippen LogP contribution >= 0.6 is 11.6 Å². The predicted molar refractivity (Wildman–Crippen MR) is 111 cm³/mol. The molecule has 3 aromatic heterocycles. The molecule has 31 heavy (non-hydrogen) atoms. The number of aromatic nitrogens is 9. The van der Waals surface area contributed by atoms with E-state index in [1.54, 1.807) is 34.4 Å². The third kappa shape index (κ3) is 4.45. The van der Waals surface area contributed by atoms with E-state index in [9.17, 15) is 0 Å². The lowest BCUT2D eigenvalue weighted by molar-refractivity contribution is 0.291. The minimum Gasteiger partial charge on any atom is -0.487 e. The number of halogens is 1. The molecule has 0 atom stereocenters. The normalized spacial score (nSPS) is 14.7. The number of hydrogen-bond acceptors (Lipinski definition) is 9. The first-order chi connectivity index (χ1) is 15.2. The number of piperidine rings is 1. The summed E-state index contributed by atoms with van der Waals surface area (Å²) in [5, 5.41) is 20.7. The van der Waals surface area contributed by atoms with Gasteiger partial charge in [-0.3, -0.25) is 0 Å². The topological polar surface area (TPSA) is 113 Å². The van der Waals surface area contributed by atoms with Crippen molar-refractivity contribution in [1.82, 2.24) is 45.2 Å². The molecule has 1 fully saturated rings. The average molecular weight is 439 g/mol. The minimum atomic E-state index is 0.243. The van der Waals surface area contributed by atoms with Crippen LogP contribution in [0.15, 0.2) is 49.2 Å². The van der Waals surface area contributed by atoms with E-state index in [0.29, 0.717) is 17.6 Å². The molecule has 0 unspecified atom stereocenters. The molecule has 1 aliphatic rings. The van der Waals surface area contributed by atoms with Crippen LogP contribution in [0, 0.1) is 0 Å². The van der Waals surface area contributed by atoms with Gasteiger partial charge >= 0.3 is 0 Å².